The van der Waals surface area contributed by atoms with E-state index in [2.05, 4.69) is 15.5 Å². The fourth-order valence-corrected chi connectivity index (χ4v) is 1.63. The Morgan fingerprint density at radius 2 is 1.94 bits per heavy atom. The van der Waals surface area contributed by atoms with Crippen LogP contribution in [0, 0.1) is 0 Å². The SMILES string of the molecule is CNCc1ccc(Oc2ccc(Cl)c(Cl)c2)nn1. The van der Waals surface area contributed by atoms with E-state index >= 15 is 0 Å². The highest BCUT2D eigenvalue weighted by Crippen LogP contribution is 2.28. The molecule has 1 aromatic carbocycles. The van der Waals surface area contributed by atoms with E-state index in [-0.39, 0.29) is 0 Å². The summed E-state index contributed by atoms with van der Waals surface area (Å²) in [4.78, 5) is 0. The number of nitrogens with zero attached hydrogens (tertiary/aromatic N) is 2. The largest absolute Gasteiger partial charge is 0.437 e. The molecule has 0 amide bonds. The van der Waals surface area contributed by atoms with E-state index in [1.54, 1.807) is 24.3 Å². The summed E-state index contributed by atoms with van der Waals surface area (Å²) in [7, 11) is 1.85. The summed E-state index contributed by atoms with van der Waals surface area (Å²) in [5.41, 5.74) is 0.846. The van der Waals surface area contributed by atoms with Gasteiger partial charge in [-0.2, -0.15) is 5.10 Å². The molecule has 0 bridgehead atoms. The van der Waals surface area contributed by atoms with Crippen molar-refractivity contribution in [3.8, 4) is 11.6 Å². The lowest BCUT2D eigenvalue weighted by atomic mass is 10.3. The Bertz CT molecular complexity index is 531. The van der Waals surface area contributed by atoms with Crippen molar-refractivity contribution in [1.29, 1.82) is 0 Å². The quantitative estimate of drug-likeness (QED) is 0.935. The van der Waals surface area contributed by atoms with Gasteiger partial charge in [0, 0.05) is 18.7 Å². The first-order valence-electron chi connectivity index (χ1n) is 5.29. The van der Waals surface area contributed by atoms with Crippen LogP contribution in [0.25, 0.3) is 0 Å². The average molecular weight is 284 g/mol. The van der Waals surface area contributed by atoms with Crippen molar-refractivity contribution in [3.05, 3.63) is 46.1 Å². The van der Waals surface area contributed by atoms with E-state index in [0.29, 0.717) is 28.2 Å². The molecule has 0 saturated heterocycles. The zero-order chi connectivity index (χ0) is 13.0. The van der Waals surface area contributed by atoms with Crippen molar-refractivity contribution in [1.82, 2.24) is 15.5 Å². The maximum absolute atomic E-state index is 5.89. The first-order chi connectivity index (χ1) is 8.69. The van der Waals surface area contributed by atoms with E-state index < -0.39 is 0 Å². The van der Waals surface area contributed by atoms with Crippen LogP contribution in [0.4, 0.5) is 0 Å². The van der Waals surface area contributed by atoms with Gasteiger partial charge in [0.25, 0.3) is 0 Å². The van der Waals surface area contributed by atoms with Crippen molar-refractivity contribution >= 4 is 23.2 Å². The van der Waals surface area contributed by atoms with Gasteiger partial charge in [-0.3, -0.25) is 0 Å². The Hall–Kier alpha value is -1.36. The number of rotatable bonds is 4. The van der Waals surface area contributed by atoms with Crippen molar-refractivity contribution in [2.24, 2.45) is 0 Å². The van der Waals surface area contributed by atoms with Gasteiger partial charge in [-0.15, -0.1) is 5.10 Å². The lowest BCUT2D eigenvalue weighted by Crippen LogP contribution is -2.07. The van der Waals surface area contributed by atoms with Gasteiger partial charge in [-0.05, 0) is 25.2 Å². The molecule has 1 aromatic heterocycles. The van der Waals surface area contributed by atoms with E-state index in [0.717, 1.165) is 5.69 Å². The van der Waals surface area contributed by atoms with Gasteiger partial charge in [-0.1, -0.05) is 23.2 Å². The van der Waals surface area contributed by atoms with E-state index in [4.69, 9.17) is 27.9 Å². The topological polar surface area (TPSA) is 47.0 Å². The second kappa shape index (κ2) is 6.00. The number of halogens is 2. The molecule has 0 fully saturated rings. The molecule has 0 spiro atoms. The van der Waals surface area contributed by atoms with Crippen molar-refractivity contribution in [3.63, 3.8) is 0 Å². The second-order valence-corrected chi connectivity index (χ2v) is 4.39. The molecule has 18 heavy (non-hydrogen) atoms. The molecular formula is C12H11Cl2N3O. The van der Waals surface area contributed by atoms with Gasteiger partial charge in [0.05, 0.1) is 15.7 Å². The van der Waals surface area contributed by atoms with Gasteiger partial charge >= 0.3 is 0 Å². The molecular weight excluding hydrogens is 273 g/mol. The van der Waals surface area contributed by atoms with Crippen LogP contribution in [-0.2, 0) is 6.54 Å². The molecule has 0 aliphatic rings. The molecule has 2 rings (SSSR count). The lowest BCUT2D eigenvalue weighted by molar-refractivity contribution is 0.453. The fourth-order valence-electron chi connectivity index (χ4n) is 1.34. The van der Waals surface area contributed by atoms with Gasteiger partial charge in [0.15, 0.2) is 0 Å². The highest BCUT2D eigenvalue weighted by molar-refractivity contribution is 6.42. The Labute approximate surface area is 115 Å². The molecule has 0 aliphatic heterocycles. The maximum atomic E-state index is 5.89. The smallest absolute Gasteiger partial charge is 0.238 e. The predicted octanol–water partition coefficient (Wildman–Crippen LogP) is 3.30. The summed E-state index contributed by atoms with van der Waals surface area (Å²) in [6.07, 6.45) is 0. The number of benzene rings is 1. The van der Waals surface area contributed by atoms with Crippen molar-refractivity contribution in [2.45, 2.75) is 6.54 Å². The van der Waals surface area contributed by atoms with Crippen LogP contribution < -0.4 is 10.1 Å². The maximum Gasteiger partial charge on any atom is 0.238 e. The van der Waals surface area contributed by atoms with Crippen LogP contribution in [-0.4, -0.2) is 17.2 Å². The minimum Gasteiger partial charge on any atom is -0.437 e. The summed E-state index contributed by atoms with van der Waals surface area (Å²) < 4.78 is 5.51. The standard InChI is InChI=1S/C12H11Cl2N3O/c1-15-7-8-2-5-12(17-16-8)18-9-3-4-10(13)11(14)6-9/h2-6,15H,7H2,1H3. The molecule has 2 aromatic rings. The van der Waals surface area contributed by atoms with Crippen LogP contribution in [0.2, 0.25) is 10.0 Å². The third kappa shape index (κ3) is 3.32. The number of hydrogen-bond acceptors (Lipinski definition) is 4. The molecule has 0 atom stereocenters. The third-order valence-corrected chi connectivity index (χ3v) is 2.91. The average Bonchev–Trinajstić information content (AvgIpc) is 2.37. The first kappa shape index (κ1) is 13.1. The van der Waals surface area contributed by atoms with Crippen LogP contribution >= 0.6 is 23.2 Å². The summed E-state index contributed by atoms with van der Waals surface area (Å²) in [6.45, 7) is 0.667. The molecule has 4 nitrogen and oxygen atoms in total. The van der Waals surface area contributed by atoms with Crippen LogP contribution in [0.3, 0.4) is 0 Å². The van der Waals surface area contributed by atoms with Crippen molar-refractivity contribution in [2.75, 3.05) is 7.05 Å². The predicted molar refractivity (Wildman–Crippen MR) is 71.3 cm³/mol. The molecule has 0 saturated carbocycles. The number of aromatic nitrogens is 2. The number of hydrogen-bond donors (Lipinski definition) is 1. The molecule has 0 unspecified atom stereocenters. The molecule has 94 valence electrons. The van der Waals surface area contributed by atoms with E-state index in [9.17, 15) is 0 Å². The number of nitrogens with one attached hydrogen (secondary N) is 1. The van der Waals surface area contributed by atoms with Crippen molar-refractivity contribution < 1.29 is 4.74 Å². The third-order valence-electron chi connectivity index (χ3n) is 2.17. The van der Waals surface area contributed by atoms with Gasteiger partial charge in [-0.25, -0.2) is 0 Å². The molecule has 6 heteroatoms. The normalized spacial score (nSPS) is 10.4. The zero-order valence-corrected chi connectivity index (χ0v) is 11.2. The van der Waals surface area contributed by atoms with Crippen LogP contribution in [0.1, 0.15) is 5.69 Å². The summed E-state index contributed by atoms with van der Waals surface area (Å²) in [5.74, 6) is 0.980. The van der Waals surface area contributed by atoms with Crippen LogP contribution in [0.15, 0.2) is 30.3 Å². The lowest BCUT2D eigenvalue weighted by Gasteiger charge is -2.05. The monoisotopic (exact) mass is 283 g/mol. The second-order valence-electron chi connectivity index (χ2n) is 3.57. The molecule has 0 aliphatic carbocycles. The minimum absolute atomic E-state index is 0.410. The Morgan fingerprint density at radius 1 is 1.11 bits per heavy atom. The van der Waals surface area contributed by atoms with Crippen LogP contribution in [0.5, 0.6) is 11.6 Å². The molecule has 1 heterocycles. The van der Waals surface area contributed by atoms with E-state index in [1.165, 1.54) is 0 Å². The van der Waals surface area contributed by atoms with Gasteiger partial charge < -0.3 is 10.1 Å². The Kier molecular flexibility index (Phi) is 4.36. The highest BCUT2D eigenvalue weighted by atomic mass is 35.5. The first-order valence-corrected chi connectivity index (χ1v) is 6.05. The summed E-state index contributed by atoms with van der Waals surface area (Å²) >= 11 is 11.7. The van der Waals surface area contributed by atoms with E-state index in [1.807, 2.05) is 13.1 Å². The Morgan fingerprint density at radius 3 is 2.56 bits per heavy atom. The number of ether oxygens (including phenoxy) is 1. The fraction of sp³-hybridized carbons (Fsp3) is 0.167. The van der Waals surface area contributed by atoms with Gasteiger partial charge in [0.1, 0.15) is 5.75 Å². The highest BCUT2D eigenvalue weighted by Gasteiger charge is 2.03. The molecule has 1 N–H and O–H groups in total. The van der Waals surface area contributed by atoms with Gasteiger partial charge in [0.2, 0.25) is 5.88 Å². The summed E-state index contributed by atoms with van der Waals surface area (Å²) in [6, 6.07) is 8.62. The minimum atomic E-state index is 0.410. The molecule has 0 radical (unpaired) electrons. The zero-order valence-electron chi connectivity index (χ0n) is 9.65. The Balaban J connectivity index is 2.10. The summed E-state index contributed by atoms with van der Waals surface area (Å²) in [5, 5.41) is 11.9.